The van der Waals surface area contributed by atoms with Crippen LogP contribution in [0.5, 0.6) is 0 Å². The smallest absolute Gasteiger partial charge is 0.0328 e. The van der Waals surface area contributed by atoms with Crippen LogP contribution in [-0.2, 0) is 13.1 Å². The molecule has 2 aliphatic rings. The molecule has 0 aliphatic carbocycles. The fourth-order valence-electron chi connectivity index (χ4n) is 4.07. The lowest BCUT2D eigenvalue weighted by atomic mass is 9.90. The SMILES string of the molecule is c1cc(C2CCN(Cc3cc(CN4CCCC4)cs3)CC2)ccn1. The third-order valence-corrected chi connectivity index (χ3v) is 6.43. The van der Waals surface area contributed by atoms with E-state index in [1.807, 2.05) is 23.7 Å². The van der Waals surface area contributed by atoms with E-state index < -0.39 is 0 Å². The van der Waals surface area contributed by atoms with Gasteiger partial charge in [-0.1, -0.05) is 0 Å². The number of nitrogens with zero attached hydrogens (tertiary/aromatic N) is 3. The first-order valence-electron chi connectivity index (χ1n) is 9.28. The monoisotopic (exact) mass is 341 g/mol. The van der Waals surface area contributed by atoms with Crippen LogP contribution in [0.4, 0.5) is 0 Å². The van der Waals surface area contributed by atoms with Gasteiger partial charge >= 0.3 is 0 Å². The van der Waals surface area contributed by atoms with Crippen LogP contribution in [0.3, 0.4) is 0 Å². The number of hydrogen-bond donors (Lipinski definition) is 0. The average Bonchev–Trinajstić information content (AvgIpc) is 3.29. The number of rotatable bonds is 5. The average molecular weight is 342 g/mol. The highest BCUT2D eigenvalue weighted by Crippen LogP contribution is 2.29. The predicted molar refractivity (Wildman–Crippen MR) is 100 cm³/mol. The summed E-state index contributed by atoms with van der Waals surface area (Å²) in [6.45, 7) is 7.29. The van der Waals surface area contributed by atoms with E-state index in [2.05, 4.69) is 38.4 Å². The Morgan fingerprint density at radius 3 is 2.42 bits per heavy atom. The second kappa shape index (κ2) is 7.77. The molecule has 2 saturated heterocycles. The van der Waals surface area contributed by atoms with E-state index in [0.29, 0.717) is 0 Å². The summed E-state index contributed by atoms with van der Waals surface area (Å²) in [4.78, 5) is 10.9. The number of thiophene rings is 1. The molecule has 4 heteroatoms. The van der Waals surface area contributed by atoms with Gasteiger partial charge in [0.25, 0.3) is 0 Å². The fourth-order valence-corrected chi connectivity index (χ4v) is 4.99. The maximum atomic E-state index is 4.14. The Kier molecular flexibility index (Phi) is 5.26. The minimum Gasteiger partial charge on any atom is -0.299 e. The normalized spacial score (nSPS) is 20.7. The van der Waals surface area contributed by atoms with Gasteiger partial charge in [0.15, 0.2) is 0 Å². The highest BCUT2D eigenvalue weighted by atomic mass is 32.1. The molecule has 0 spiro atoms. The van der Waals surface area contributed by atoms with Gasteiger partial charge in [-0.3, -0.25) is 14.8 Å². The summed E-state index contributed by atoms with van der Waals surface area (Å²) in [5.41, 5.74) is 2.98. The van der Waals surface area contributed by atoms with Crippen molar-refractivity contribution in [3.63, 3.8) is 0 Å². The summed E-state index contributed by atoms with van der Waals surface area (Å²) in [5.74, 6) is 0.721. The van der Waals surface area contributed by atoms with Crippen LogP contribution >= 0.6 is 11.3 Å². The van der Waals surface area contributed by atoms with Crippen molar-refractivity contribution in [2.24, 2.45) is 0 Å². The van der Waals surface area contributed by atoms with E-state index in [9.17, 15) is 0 Å². The van der Waals surface area contributed by atoms with Crippen LogP contribution in [0.15, 0.2) is 36.0 Å². The topological polar surface area (TPSA) is 19.4 Å². The Balaban J connectivity index is 1.27. The first kappa shape index (κ1) is 16.2. The minimum absolute atomic E-state index is 0.721. The van der Waals surface area contributed by atoms with Crippen molar-refractivity contribution < 1.29 is 0 Å². The molecule has 2 fully saturated rings. The Hall–Kier alpha value is -1.23. The third kappa shape index (κ3) is 4.05. The van der Waals surface area contributed by atoms with Gasteiger partial charge in [0.05, 0.1) is 0 Å². The van der Waals surface area contributed by atoms with E-state index in [1.165, 1.54) is 67.9 Å². The summed E-state index contributed by atoms with van der Waals surface area (Å²) in [5, 5.41) is 2.37. The predicted octanol–water partition coefficient (Wildman–Crippen LogP) is 4.12. The second-order valence-corrected chi connectivity index (χ2v) is 8.23. The van der Waals surface area contributed by atoms with Gasteiger partial charge in [-0.25, -0.2) is 0 Å². The molecule has 0 bridgehead atoms. The van der Waals surface area contributed by atoms with Crippen LogP contribution in [0.2, 0.25) is 0 Å². The lowest BCUT2D eigenvalue weighted by molar-refractivity contribution is 0.206. The number of aromatic nitrogens is 1. The Labute approximate surface area is 149 Å². The van der Waals surface area contributed by atoms with Crippen LogP contribution < -0.4 is 0 Å². The Morgan fingerprint density at radius 1 is 0.958 bits per heavy atom. The van der Waals surface area contributed by atoms with Gasteiger partial charge in [0.1, 0.15) is 0 Å². The molecule has 4 heterocycles. The lowest BCUT2D eigenvalue weighted by Crippen LogP contribution is -2.32. The number of piperidine rings is 1. The van der Waals surface area contributed by atoms with E-state index in [0.717, 1.165) is 19.0 Å². The molecule has 0 atom stereocenters. The molecule has 24 heavy (non-hydrogen) atoms. The molecule has 0 unspecified atom stereocenters. The van der Waals surface area contributed by atoms with Gasteiger partial charge < -0.3 is 0 Å². The highest BCUT2D eigenvalue weighted by molar-refractivity contribution is 7.10. The number of pyridine rings is 1. The molecule has 0 N–H and O–H groups in total. The molecule has 2 aromatic rings. The Bertz CT molecular complexity index is 625. The fraction of sp³-hybridized carbons (Fsp3) is 0.550. The Morgan fingerprint density at radius 2 is 1.67 bits per heavy atom. The number of hydrogen-bond acceptors (Lipinski definition) is 4. The second-order valence-electron chi connectivity index (χ2n) is 7.24. The van der Waals surface area contributed by atoms with Crippen molar-refractivity contribution in [3.8, 4) is 0 Å². The van der Waals surface area contributed by atoms with E-state index in [-0.39, 0.29) is 0 Å². The molecular formula is C20H27N3S. The van der Waals surface area contributed by atoms with E-state index in [4.69, 9.17) is 0 Å². The summed E-state index contributed by atoms with van der Waals surface area (Å²) in [6, 6.07) is 6.81. The maximum absolute atomic E-state index is 4.14. The van der Waals surface area contributed by atoms with Crippen molar-refractivity contribution in [2.45, 2.75) is 44.7 Å². The highest BCUT2D eigenvalue weighted by Gasteiger charge is 2.21. The van der Waals surface area contributed by atoms with Crippen molar-refractivity contribution in [1.29, 1.82) is 0 Å². The zero-order valence-corrected chi connectivity index (χ0v) is 15.2. The molecule has 0 amide bonds. The zero-order chi connectivity index (χ0) is 16.2. The summed E-state index contributed by atoms with van der Waals surface area (Å²) in [7, 11) is 0. The molecule has 3 nitrogen and oxygen atoms in total. The largest absolute Gasteiger partial charge is 0.299 e. The van der Waals surface area contributed by atoms with E-state index in [1.54, 1.807) is 0 Å². The molecule has 4 rings (SSSR count). The standard InChI is InChI=1S/C20H27N3S/c1-2-10-22(9-1)14-17-13-20(24-16-17)15-23-11-5-19(6-12-23)18-3-7-21-8-4-18/h3-4,7-8,13,16,19H,1-2,5-6,9-12,14-15H2. The lowest BCUT2D eigenvalue weighted by Gasteiger charge is -2.31. The quantitative estimate of drug-likeness (QED) is 0.815. The summed E-state index contributed by atoms with van der Waals surface area (Å²) >= 11 is 1.95. The van der Waals surface area contributed by atoms with Gasteiger partial charge in [-0.15, -0.1) is 11.3 Å². The van der Waals surface area contributed by atoms with Crippen molar-refractivity contribution >= 4 is 11.3 Å². The van der Waals surface area contributed by atoms with Gasteiger partial charge in [0.2, 0.25) is 0 Å². The molecule has 2 aliphatic heterocycles. The first-order valence-corrected chi connectivity index (χ1v) is 10.2. The van der Waals surface area contributed by atoms with Crippen LogP contribution in [0.25, 0.3) is 0 Å². The molecule has 2 aromatic heterocycles. The van der Waals surface area contributed by atoms with Crippen LogP contribution in [0.1, 0.15) is 47.6 Å². The van der Waals surface area contributed by atoms with Gasteiger partial charge in [0, 0.05) is 30.4 Å². The van der Waals surface area contributed by atoms with Crippen LogP contribution in [0, 0.1) is 0 Å². The summed E-state index contributed by atoms with van der Waals surface area (Å²) < 4.78 is 0. The molecular weight excluding hydrogens is 314 g/mol. The van der Waals surface area contributed by atoms with E-state index >= 15 is 0 Å². The molecule has 0 radical (unpaired) electrons. The molecule has 0 aromatic carbocycles. The zero-order valence-electron chi connectivity index (χ0n) is 14.4. The molecule has 128 valence electrons. The van der Waals surface area contributed by atoms with Crippen molar-refractivity contribution in [3.05, 3.63) is 52.0 Å². The minimum atomic E-state index is 0.721. The maximum Gasteiger partial charge on any atom is 0.0328 e. The number of likely N-dealkylation sites (tertiary alicyclic amines) is 2. The van der Waals surface area contributed by atoms with Gasteiger partial charge in [-0.05, 0) is 92.5 Å². The van der Waals surface area contributed by atoms with Gasteiger partial charge in [-0.2, -0.15) is 0 Å². The summed E-state index contributed by atoms with van der Waals surface area (Å²) in [6.07, 6.45) is 9.16. The van der Waals surface area contributed by atoms with Crippen molar-refractivity contribution in [2.75, 3.05) is 26.2 Å². The first-order chi connectivity index (χ1) is 11.9. The van der Waals surface area contributed by atoms with Crippen molar-refractivity contribution in [1.82, 2.24) is 14.8 Å². The third-order valence-electron chi connectivity index (χ3n) is 5.46. The van der Waals surface area contributed by atoms with Crippen LogP contribution in [-0.4, -0.2) is 41.0 Å². The molecule has 0 saturated carbocycles.